The first-order valence-electron chi connectivity index (χ1n) is 9.67. The molecule has 2 unspecified atom stereocenters. The molecule has 0 bridgehead atoms. The Balaban J connectivity index is 1.48. The molecule has 0 amide bonds. The Morgan fingerprint density at radius 1 is 0.786 bits per heavy atom. The van der Waals surface area contributed by atoms with Crippen LogP contribution in [0.3, 0.4) is 0 Å². The van der Waals surface area contributed by atoms with E-state index < -0.39 is 5.60 Å². The Labute approximate surface area is 165 Å². The van der Waals surface area contributed by atoms with Crippen LogP contribution in [0.25, 0.3) is 6.08 Å². The van der Waals surface area contributed by atoms with Gasteiger partial charge in [0.05, 0.1) is 19.8 Å². The molecule has 1 saturated heterocycles. The van der Waals surface area contributed by atoms with Gasteiger partial charge in [-0.1, -0.05) is 66.7 Å². The van der Waals surface area contributed by atoms with E-state index in [-0.39, 0.29) is 5.92 Å². The van der Waals surface area contributed by atoms with Gasteiger partial charge in [0.1, 0.15) is 17.1 Å². The molecular weight excluding hydrogens is 348 g/mol. The van der Waals surface area contributed by atoms with Gasteiger partial charge in [-0.05, 0) is 41.0 Å². The molecule has 140 valence electrons. The maximum atomic E-state index is 6.43. The zero-order chi connectivity index (χ0) is 18.8. The van der Waals surface area contributed by atoms with Gasteiger partial charge < -0.3 is 14.2 Å². The quantitative estimate of drug-likeness (QED) is 0.604. The van der Waals surface area contributed by atoms with E-state index >= 15 is 0 Å². The van der Waals surface area contributed by atoms with Crippen LogP contribution in [0.4, 0.5) is 0 Å². The second-order valence-electron chi connectivity index (χ2n) is 7.20. The van der Waals surface area contributed by atoms with Crippen molar-refractivity contribution in [2.75, 3.05) is 19.8 Å². The summed E-state index contributed by atoms with van der Waals surface area (Å²) >= 11 is 0. The summed E-state index contributed by atoms with van der Waals surface area (Å²) in [7, 11) is 0. The van der Waals surface area contributed by atoms with Crippen LogP contribution in [0.5, 0.6) is 11.5 Å². The molecule has 5 rings (SSSR count). The van der Waals surface area contributed by atoms with Crippen LogP contribution in [0.15, 0.2) is 84.9 Å². The summed E-state index contributed by atoms with van der Waals surface area (Å²) < 4.78 is 18.3. The number of hydrogen-bond acceptors (Lipinski definition) is 3. The van der Waals surface area contributed by atoms with E-state index in [9.17, 15) is 0 Å². The van der Waals surface area contributed by atoms with Crippen LogP contribution in [0, 0.1) is 0 Å². The maximum Gasteiger partial charge on any atom is 0.127 e. The van der Waals surface area contributed by atoms with Crippen molar-refractivity contribution < 1.29 is 14.2 Å². The minimum atomic E-state index is -0.521. The molecule has 0 aromatic heterocycles. The number of para-hydroxylation sites is 1. The highest BCUT2D eigenvalue weighted by molar-refractivity contribution is 5.64. The molecule has 1 aliphatic carbocycles. The first kappa shape index (κ1) is 17.2. The van der Waals surface area contributed by atoms with Crippen LogP contribution in [-0.2, 0) is 15.1 Å². The summed E-state index contributed by atoms with van der Waals surface area (Å²) in [6.45, 7) is 1.76. The Morgan fingerprint density at radius 2 is 1.54 bits per heavy atom. The van der Waals surface area contributed by atoms with Gasteiger partial charge in [-0.25, -0.2) is 0 Å². The lowest BCUT2D eigenvalue weighted by Crippen LogP contribution is -2.44. The van der Waals surface area contributed by atoms with E-state index in [1.165, 1.54) is 11.1 Å². The van der Waals surface area contributed by atoms with E-state index in [1.54, 1.807) is 0 Å². The molecule has 1 aliphatic heterocycles. The lowest BCUT2D eigenvalue weighted by molar-refractivity contribution is -0.169. The third-order valence-corrected chi connectivity index (χ3v) is 5.53. The molecule has 0 spiro atoms. The first-order chi connectivity index (χ1) is 13.9. The second kappa shape index (κ2) is 7.27. The van der Waals surface area contributed by atoms with Crippen LogP contribution in [-0.4, -0.2) is 19.8 Å². The predicted octanol–water partition coefficient (Wildman–Crippen LogP) is 5.53. The van der Waals surface area contributed by atoms with Gasteiger partial charge in [0.25, 0.3) is 0 Å². The molecule has 3 aromatic rings. The van der Waals surface area contributed by atoms with Crippen molar-refractivity contribution in [2.45, 2.75) is 11.5 Å². The van der Waals surface area contributed by atoms with E-state index in [1.807, 2.05) is 42.5 Å². The lowest BCUT2D eigenvalue weighted by Gasteiger charge is -2.42. The van der Waals surface area contributed by atoms with Crippen LogP contribution < -0.4 is 4.74 Å². The van der Waals surface area contributed by atoms with Crippen molar-refractivity contribution >= 4 is 6.08 Å². The van der Waals surface area contributed by atoms with E-state index in [0.717, 1.165) is 17.1 Å². The van der Waals surface area contributed by atoms with Crippen molar-refractivity contribution in [1.82, 2.24) is 0 Å². The summed E-state index contributed by atoms with van der Waals surface area (Å²) in [5, 5.41) is 0. The highest BCUT2D eigenvalue weighted by atomic mass is 16.6. The molecule has 0 radical (unpaired) electrons. The van der Waals surface area contributed by atoms with Crippen molar-refractivity contribution in [3.63, 3.8) is 0 Å². The average molecular weight is 370 g/mol. The van der Waals surface area contributed by atoms with Crippen molar-refractivity contribution in [1.29, 1.82) is 0 Å². The average Bonchev–Trinajstić information content (AvgIpc) is 3.20. The van der Waals surface area contributed by atoms with Gasteiger partial charge in [-0.2, -0.15) is 0 Å². The topological polar surface area (TPSA) is 27.7 Å². The fraction of sp³-hybridized carbons (Fsp3) is 0.200. The SMILES string of the molecule is C1=CC(C2(c3ccc(Oc4ccccc4)cc3)COCCO2)c2ccccc21. The molecular formula is C25H22O3. The molecule has 3 heteroatoms. The molecule has 3 aromatic carbocycles. The van der Waals surface area contributed by atoms with Crippen LogP contribution in [0.1, 0.15) is 22.6 Å². The molecule has 1 heterocycles. The number of rotatable bonds is 4. The van der Waals surface area contributed by atoms with Gasteiger partial charge in [0.2, 0.25) is 0 Å². The second-order valence-corrected chi connectivity index (χ2v) is 7.20. The Hall–Kier alpha value is -2.88. The van der Waals surface area contributed by atoms with Crippen molar-refractivity contribution in [3.05, 3.63) is 102 Å². The van der Waals surface area contributed by atoms with Gasteiger partial charge in [0, 0.05) is 5.92 Å². The third kappa shape index (κ3) is 3.03. The van der Waals surface area contributed by atoms with Crippen LogP contribution in [0.2, 0.25) is 0 Å². The van der Waals surface area contributed by atoms with Gasteiger partial charge >= 0.3 is 0 Å². The highest BCUT2D eigenvalue weighted by Gasteiger charge is 2.45. The zero-order valence-electron chi connectivity index (χ0n) is 15.6. The minimum Gasteiger partial charge on any atom is -0.457 e. The molecule has 3 nitrogen and oxygen atoms in total. The molecule has 1 fully saturated rings. The first-order valence-corrected chi connectivity index (χ1v) is 9.67. The summed E-state index contributed by atoms with van der Waals surface area (Å²) in [5.41, 5.74) is 3.13. The molecule has 2 aliphatic rings. The fourth-order valence-electron chi connectivity index (χ4n) is 4.16. The number of benzene rings is 3. The van der Waals surface area contributed by atoms with E-state index in [0.29, 0.717) is 19.8 Å². The Kier molecular flexibility index (Phi) is 4.47. The molecule has 28 heavy (non-hydrogen) atoms. The summed E-state index contributed by atoms with van der Waals surface area (Å²) in [6, 6.07) is 26.5. The molecule has 2 atom stereocenters. The highest BCUT2D eigenvalue weighted by Crippen LogP contribution is 2.47. The van der Waals surface area contributed by atoms with Gasteiger partial charge in [-0.3, -0.25) is 0 Å². The predicted molar refractivity (Wildman–Crippen MR) is 110 cm³/mol. The van der Waals surface area contributed by atoms with Crippen LogP contribution >= 0.6 is 0 Å². The Bertz CT molecular complexity index is 970. The molecule has 0 N–H and O–H groups in total. The van der Waals surface area contributed by atoms with E-state index in [4.69, 9.17) is 14.2 Å². The minimum absolute atomic E-state index is 0.130. The third-order valence-electron chi connectivity index (χ3n) is 5.53. The fourth-order valence-corrected chi connectivity index (χ4v) is 4.16. The smallest absolute Gasteiger partial charge is 0.127 e. The Morgan fingerprint density at radius 3 is 2.32 bits per heavy atom. The van der Waals surface area contributed by atoms with Gasteiger partial charge in [-0.15, -0.1) is 0 Å². The van der Waals surface area contributed by atoms with Crippen molar-refractivity contribution in [2.24, 2.45) is 0 Å². The zero-order valence-corrected chi connectivity index (χ0v) is 15.6. The summed E-state index contributed by atoms with van der Waals surface area (Å²) in [5.74, 6) is 1.77. The monoisotopic (exact) mass is 370 g/mol. The van der Waals surface area contributed by atoms with E-state index in [2.05, 4.69) is 48.6 Å². The largest absolute Gasteiger partial charge is 0.457 e. The number of ether oxygens (including phenoxy) is 3. The summed E-state index contributed by atoms with van der Waals surface area (Å²) in [6.07, 6.45) is 4.43. The standard InChI is InChI=1S/C25H22O3/c1-2-7-21(8-3-1)28-22-13-11-20(12-14-22)25(18-26-16-17-27-25)24-15-10-19-6-4-5-9-23(19)24/h1-15,24H,16-18H2. The van der Waals surface area contributed by atoms with Crippen molar-refractivity contribution in [3.8, 4) is 11.5 Å². The maximum absolute atomic E-state index is 6.43. The lowest BCUT2D eigenvalue weighted by atomic mass is 9.78. The van der Waals surface area contributed by atoms with Gasteiger partial charge in [0.15, 0.2) is 0 Å². The number of fused-ring (bicyclic) bond motifs is 1. The normalized spacial score (nSPS) is 23.4. The number of hydrogen-bond donors (Lipinski definition) is 0. The molecule has 0 saturated carbocycles. The summed E-state index contributed by atoms with van der Waals surface area (Å²) in [4.78, 5) is 0.